The number of nitrogens with zero attached hydrogens (tertiary/aromatic N) is 5. The van der Waals surface area contributed by atoms with Crippen molar-refractivity contribution in [2.75, 3.05) is 47.8 Å². The van der Waals surface area contributed by atoms with Gasteiger partial charge in [0.2, 0.25) is 41.4 Å². The van der Waals surface area contributed by atoms with Gasteiger partial charge in [0.25, 0.3) is 11.8 Å². The van der Waals surface area contributed by atoms with E-state index in [0.717, 1.165) is 16.2 Å². The number of aliphatic hydroxyl groups excluding tert-OH is 1. The van der Waals surface area contributed by atoms with Crippen LogP contribution in [-0.2, 0) is 49.6 Å². The number of hydrogen-bond acceptors (Lipinski definition) is 10. The molecule has 3 rings (SSSR count). The van der Waals surface area contributed by atoms with Crippen LogP contribution in [0.25, 0.3) is 0 Å². The van der Waals surface area contributed by atoms with Crippen LogP contribution in [0.3, 0.4) is 0 Å². The Hall–Kier alpha value is -5.59. The first kappa shape index (κ1) is 57.7. The van der Waals surface area contributed by atoms with Crippen molar-refractivity contribution in [2.24, 2.45) is 23.7 Å². The first-order chi connectivity index (χ1) is 32.3. The summed E-state index contributed by atoms with van der Waals surface area (Å²) in [5.41, 5.74) is 0.684. The third-order valence-electron chi connectivity index (χ3n) is 12.8. The lowest BCUT2D eigenvalue weighted by molar-refractivity contribution is -0.152. The van der Waals surface area contributed by atoms with Crippen molar-refractivity contribution in [1.82, 2.24) is 45.8 Å². The number of likely N-dealkylation sites (tertiary alicyclic amines) is 1. The monoisotopic (exact) mass is 968 g/mol. The quantitative estimate of drug-likeness (QED) is 0.200. The molecule has 2 unspecified atom stereocenters. The minimum absolute atomic E-state index is 0.00455. The number of nitrogens with one attached hydrogen (secondary N) is 4. The summed E-state index contributed by atoms with van der Waals surface area (Å²) >= 11 is 0. The van der Waals surface area contributed by atoms with E-state index in [4.69, 9.17) is 0 Å². The molecule has 1 aromatic rings. The molecule has 386 valence electrons. The van der Waals surface area contributed by atoms with E-state index in [9.17, 15) is 48.3 Å². The molecular formula is C50H81N9O10. The Labute approximate surface area is 409 Å². The van der Waals surface area contributed by atoms with Crippen molar-refractivity contribution in [3.63, 3.8) is 0 Å². The summed E-state index contributed by atoms with van der Waals surface area (Å²) in [5.74, 6) is -7.79. The molecule has 0 spiro atoms. The summed E-state index contributed by atoms with van der Waals surface area (Å²) in [7, 11) is 5.60. The maximum Gasteiger partial charge on any atom is 0.254 e. The van der Waals surface area contributed by atoms with Crippen LogP contribution in [0.4, 0.5) is 0 Å². The second-order valence-electron chi connectivity index (χ2n) is 20.6. The second kappa shape index (κ2) is 26.4. The zero-order valence-corrected chi connectivity index (χ0v) is 43.2. The molecule has 0 bridgehead atoms. The molecule has 1 aromatic carbocycles. The Kier molecular flexibility index (Phi) is 22.1. The van der Waals surface area contributed by atoms with Crippen LogP contribution in [0.2, 0.25) is 0 Å². The van der Waals surface area contributed by atoms with Crippen LogP contribution in [0.5, 0.6) is 0 Å². The third-order valence-corrected chi connectivity index (χ3v) is 12.8. The van der Waals surface area contributed by atoms with E-state index in [0.29, 0.717) is 31.5 Å². The lowest BCUT2D eigenvalue weighted by Gasteiger charge is -2.38. The Morgan fingerprint density at radius 1 is 0.580 bits per heavy atom. The van der Waals surface area contributed by atoms with Gasteiger partial charge < -0.3 is 50.9 Å². The predicted octanol–water partition coefficient (Wildman–Crippen LogP) is 1.31. The minimum Gasteiger partial charge on any atom is -0.391 e. The molecule has 0 aromatic heterocycles. The van der Waals surface area contributed by atoms with Crippen LogP contribution in [-0.4, -0.2) is 179 Å². The first-order valence-electron chi connectivity index (χ1n) is 24.5. The maximum absolute atomic E-state index is 15.0. The van der Waals surface area contributed by atoms with Crippen molar-refractivity contribution < 1.29 is 48.3 Å². The van der Waals surface area contributed by atoms with Crippen molar-refractivity contribution in [3.8, 4) is 0 Å². The minimum atomic E-state index is -1.81. The fourth-order valence-electron chi connectivity index (χ4n) is 8.78. The molecule has 2 aliphatic heterocycles. The average molecular weight is 968 g/mol. The molecule has 2 heterocycles. The summed E-state index contributed by atoms with van der Waals surface area (Å²) in [5, 5.41) is 21.8. The van der Waals surface area contributed by atoms with Crippen molar-refractivity contribution in [1.29, 1.82) is 0 Å². The molecule has 0 radical (unpaired) electrons. The molecular weight excluding hydrogens is 887 g/mol. The van der Waals surface area contributed by atoms with E-state index in [2.05, 4.69) is 21.3 Å². The summed E-state index contributed by atoms with van der Waals surface area (Å²) in [6.07, 6.45) is 1.10. The maximum atomic E-state index is 15.0. The SMILES string of the molecule is CC(C)C[C@@H]1NC(=O)CN(C)C(=O)[C@H](CC(C)C)N(C)C(=O)[C@H](C(C)O)NC(=O)[C@H](CC(C)C)N(C)C(=O)[C@H](Cc2ccccc2)N(C)C(=O)[C@H](C(C)C)NC(=O)C(C(=O)N2CCCCC2)NC1=O. The summed E-state index contributed by atoms with van der Waals surface area (Å²) in [6.45, 7) is 15.9. The lowest BCUT2D eigenvalue weighted by atomic mass is 9.96. The van der Waals surface area contributed by atoms with E-state index in [1.165, 1.54) is 49.8 Å². The Morgan fingerprint density at radius 2 is 1.09 bits per heavy atom. The first-order valence-corrected chi connectivity index (χ1v) is 24.5. The molecule has 2 saturated heterocycles. The highest BCUT2D eigenvalue weighted by Gasteiger charge is 2.43. The molecule has 19 nitrogen and oxygen atoms in total. The van der Waals surface area contributed by atoms with Gasteiger partial charge in [-0.3, -0.25) is 43.2 Å². The zero-order chi connectivity index (χ0) is 52.0. The van der Waals surface area contributed by atoms with Gasteiger partial charge in [0.15, 0.2) is 6.04 Å². The number of amides is 9. The third kappa shape index (κ3) is 16.2. The number of carbonyl (C=O) groups excluding carboxylic acids is 9. The number of aliphatic hydroxyl groups is 1. The number of benzene rings is 1. The van der Waals surface area contributed by atoms with Crippen LogP contribution >= 0.6 is 0 Å². The molecule has 19 heteroatoms. The normalized spacial score (nSPS) is 25.8. The van der Waals surface area contributed by atoms with Crippen LogP contribution in [0.15, 0.2) is 30.3 Å². The zero-order valence-electron chi connectivity index (χ0n) is 43.2. The van der Waals surface area contributed by atoms with Crippen molar-refractivity contribution in [3.05, 3.63) is 35.9 Å². The van der Waals surface area contributed by atoms with E-state index in [1.54, 1.807) is 44.2 Å². The highest BCUT2D eigenvalue weighted by molar-refractivity contribution is 6.09. The van der Waals surface area contributed by atoms with Crippen molar-refractivity contribution >= 4 is 53.2 Å². The predicted molar refractivity (Wildman–Crippen MR) is 260 cm³/mol. The number of rotatable bonds is 11. The molecule has 2 fully saturated rings. The van der Waals surface area contributed by atoms with Gasteiger partial charge in [0.05, 0.1) is 12.6 Å². The summed E-state index contributed by atoms with van der Waals surface area (Å²) < 4.78 is 0. The van der Waals surface area contributed by atoms with Gasteiger partial charge in [-0.1, -0.05) is 85.7 Å². The number of piperidine rings is 1. The summed E-state index contributed by atoms with van der Waals surface area (Å²) in [4.78, 5) is 136. The van der Waals surface area contributed by atoms with E-state index in [-0.39, 0.29) is 43.4 Å². The Balaban J connectivity index is 2.29. The van der Waals surface area contributed by atoms with Gasteiger partial charge in [-0.2, -0.15) is 0 Å². The number of hydrogen-bond donors (Lipinski definition) is 5. The van der Waals surface area contributed by atoms with Crippen molar-refractivity contribution in [2.45, 2.75) is 156 Å². The molecule has 9 amide bonds. The topological polar surface area (TPSA) is 238 Å². The second-order valence-corrected chi connectivity index (χ2v) is 20.6. The van der Waals surface area contributed by atoms with Gasteiger partial charge in [0, 0.05) is 47.7 Å². The van der Waals surface area contributed by atoms with Gasteiger partial charge in [-0.25, -0.2) is 0 Å². The molecule has 0 aliphatic carbocycles. The van der Waals surface area contributed by atoms with Crippen LogP contribution in [0, 0.1) is 23.7 Å². The van der Waals surface area contributed by atoms with Gasteiger partial charge in [0.1, 0.15) is 36.3 Å². The fourth-order valence-corrected chi connectivity index (χ4v) is 8.78. The van der Waals surface area contributed by atoms with E-state index >= 15 is 0 Å². The van der Waals surface area contributed by atoms with E-state index < -0.39 is 114 Å². The van der Waals surface area contributed by atoms with Crippen LogP contribution < -0.4 is 21.3 Å². The standard InChI is InChI=1S/C50H81N9O10/c1-29(2)24-35-43(62)54-42(50(69)59-22-18-15-19-23-59)45(64)52-40(32(7)8)48(67)58(13)38(27-34-20-16-14-17-21-34)47(66)56(11)36(25-30(3)4)44(63)53-41(33(9)60)49(68)57(12)37(26-31(5)6)46(65)55(10)28-39(61)51-35/h14,16-17,20-21,29-33,35-38,40-42,60H,15,18-19,22-28H2,1-13H3,(H,51,61)(H,52,64)(H,53,63)(H,54,62)/t33?,35-,36-,37-,38-,40-,41-,42?/m0/s1. The molecule has 2 aliphatic rings. The lowest BCUT2D eigenvalue weighted by Crippen LogP contribution is -2.64. The molecule has 69 heavy (non-hydrogen) atoms. The molecule has 0 saturated carbocycles. The highest BCUT2D eigenvalue weighted by Crippen LogP contribution is 2.21. The van der Waals surface area contributed by atoms with Gasteiger partial charge in [-0.05, 0) is 74.7 Å². The highest BCUT2D eigenvalue weighted by atomic mass is 16.3. The number of carbonyl (C=O) groups is 9. The largest absolute Gasteiger partial charge is 0.391 e. The van der Waals surface area contributed by atoms with Crippen LogP contribution in [0.1, 0.15) is 106 Å². The molecule has 5 N–H and O–H groups in total. The molecule has 8 atom stereocenters. The fraction of sp³-hybridized carbons (Fsp3) is 0.700. The summed E-state index contributed by atoms with van der Waals surface area (Å²) in [6, 6.07) is -0.645. The Morgan fingerprint density at radius 3 is 1.62 bits per heavy atom. The van der Waals surface area contributed by atoms with E-state index in [1.807, 2.05) is 41.5 Å². The smallest absolute Gasteiger partial charge is 0.254 e. The number of likely N-dealkylation sites (N-methyl/N-ethyl adjacent to an activating group) is 4. The average Bonchev–Trinajstić information content (AvgIpc) is 3.29. The Bertz CT molecular complexity index is 1950. The van der Waals surface area contributed by atoms with Gasteiger partial charge >= 0.3 is 0 Å². The van der Waals surface area contributed by atoms with Gasteiger partial charge in [-0.15, -0.1) is 0 Å².